The van der Waals surface area contributed by atoms with E-state index in [-0.39, 0.29) is 23.8 Å². The molecule has 2 amide bonds. The molecule has 1 saturated heterocycles. The molecule has 0 unspecified atom stereocenters. The standard InChI is InChI=1S/C19H29N3O3/c1-14(18(23)21-16-5-2-3-6-16)22-10-8-15(9-11-22)19(24)20-13-17-7-4-12-25-17/h4,7,12,14-16H,2-3,5-6,8-11,13H2,1H3,(H,20,24)(H,21,23)/t14-/m0/s1. The van der Waals surface area contributed by atoms with Gasteiger partial charge in [0.15, 0.2) is 0 Å². The second kappa shape index (κ2) is 8.52. The van der Waals surface area contributed by atoms with E-state index in [0.29, 0.717) is 12.6 Å². The molecule has 0 spiro atoms. The summed E-state index contributed by atoms with van der Waals surface area (Å²) in [7, 11) is 0. The van der Waals surface area contributed by atoms with Gasteiger partial charge in [-0.3, -0.25) is 14.5 Å². The Morgan fingerprint density at radius 2 is 1.96 bits per heavy atom. The van der Waals surface area contributed by atoms with Gasteiger partial charge in [0, 0.05) is 12.0 Å². The zero-order chi connectivity index (χ0) is 17.6. The summed E-state index contributed by atoms with van der Waals surface area (Å²) in [5.41, 5.74) is 0. The number of carbonyl (C=O) groups excluding carboxylic acids is 2. The van der Waals surface area contributed by atoms with Crippen molar-refractivity contribution in [2.75, 3.05) is 13.1 Å². The third kappa shape index (κ3) is 4.84. The summed E-state index contributed by atoms with van der Waals surface area (Å²) in [6, 6.07) is 3.92. The highest BCUT2D eigenvalue weighted by Crippen LogP contribution is 2.21. The van der Waals surface area contributed by atoms with Crippen LogP contribution in [0.15, 0.2) is 22.8 Å². The molecule has 0 bridgehead atoms. The lowest BCUT2D eigenvalue weighted by molar-refractivity contribution is -0.129. The second-order valence-corrected chi connectivity index (χ2v) is 7.27. The number of rotatable bonds is 6. The fourth-order valence-electron chi connectivity index (χ4n) is 3.84. The van der Waals surface area contributed by atoms with Crippen LogP contribution in [0.4, 0.5) is 0 Å². The van der Waals surface area contributed by atoms with Crippen molar-refractivity contribution in [2.24, 2.45) is 5.92 Å². The number of nitrogens with zero attached hydrogens (tertiary/aromatic N) is 1. The molecule has 1 aliphatic heterocycles. The Bertz CT molecular complexity index is 558. The maximum atomic E-state index is 12.4. The summed E-state index contributed by atoms with van der Waals surface area (Å²) in [6.45, 7) is 3.99. The summed E-state index contributed by atoms with van der Waals surface area (Å²) in [5.74, 6) is 1.01. The first-order valence-corrected chi connectivity index (χ1v) is 9.48. The predicted octanol–water partition coefficient (Wildman–Crippen LogP) is 2.06. The monoisotopic (exact) mass is 347 g/mol. The van der Waals surface area contributed by atoms with E-state index in [1.807, 2.05) is 19.1 Å². The van der Waals surface area contributed by atoms with Crippen molar-refractivity contribution in [3.05, 3.63) is 24.2 Å². The topological polar surface area (TPSA) is 74.6 Å². The molecule has 1 aromatic heterocycles. The molecule has 1 aromatic rings. The molecule has 3 rings (SSSR count). The van der Waals surface area contributed by atoms with E-state index < -0.39 is 0 Å². The lowest BCUT2D eigenvalue weighted by Gasteiger charge is -2.35. The largest absolute Gasteiger partial charge is 0.467 e. The van der Waals surface area contributed by atoms with Gasteiger partial charge in [0.05, 0.1) is 18.8 Å². The van der Waals surface area contributed by atoms with E-state index in [1.54, 1.807) is 6.26 Å². The van der Waals surface area contributed by atoms with Crippen LogP contribution in [0.2, 0.25) is 0 Å². The van der Waals surface area contributed by atoms with Crippen molar-refractivity contribution in [1.29, 1.82) is 0 Å². The van der Waals surface area contributed by atoms with Gasteiger partial charge in [0.25, 0.3) is 0 Å². The molecule has 0 aromatic carbocycles. The Morgan fingerprint density at radius 3 is 2.60 bits per heavy atom. The first kappa shape index (κ1) is 18.0. The normalized spacial score (nSPS) is 21.2. The lowest BCUT2D eigenvalue weighted by atomic mass is 9.95. The maximum absolute atomic E-state index is 12.4. The van der Waals surface area contributed by atoms with Gasteiger partial charge in [-0.25, -0.2) is 0 Å². The summed E-state index contributed by atoms with van der Waals surface area (Å²) >= 11 is 0. The van der Waals surface area contributed by atoms with Gasteiger partial charge in [0.2, 0.25) is 11.8 Å². The predicted molar refractivity (Wildman–Crippen MR) is 94.7 cm³/mol. The fourth-order valence-corrected chi connectivity index (χ4v) is 3.84. The highest BCUT2D eigenvalue weighted by Gasteiger charge is 2.30. The minimum Gasteiger partial charge on any atom is -0.467 e. The zero-order valence-corrected chi connectivity index (χ0v) is 15.0. The van der Waals surface area contributed by atoms with Crippen LogP contribution in [-0.2, 0) is 16.1 Å². The van der Waals surface area contributed by atoms with Crippen molar-refractivity contribution in [1.82, 2.24) is 15.5 Å². The Labute approximate surface area is 149 Å². The molecule has 2 aliphatic rings. The Hall–Kier alpha value is -1.82. The van der Waals surface area contributed by atoms with Crippen LogP contribution in [0.1, 0.15) is 51.2 Å². The maximum Gasteiger partial charge on any atom is 0.237 e. The number of carbonyl (C=O) groups is 2. The van der Waals surface area contributed by atoms with Crippen molar-refractivity contribution < 1.29 is 14.0 Å². The number of amides is 2. The van der Waals surface area contributed by atoms with E-state index >= 15 is 0 Å². The molecule has 1 aliphatic carbocycles. The van der Waals surface area contributed by atoms with Gasteiger partial charge in [-0.15, -0.1) is 0 Å². The molecule has 6 nitrogen and oxygen atoms in total. The first-order chi connectivity index (χ1) is 12.1. The summed E-state index contributed by atoms with van der Waals surface area (Å²) in [5, 5.41) is 6.11. The van der Waals surface area contributed by atoms with Crippen molar-refractivity contribution in [3.8, 4) is 0 Å². The van der Waals surface area contributed by atoms with Crippen LogP contribution < -0.4 is 10.6 Å². The number of hydrogen-bond donors (Lipinski definition) is 2. The molecule has 2 heterocycles. The van der Waals surface area contributed by atoms with Crippen molar-refractivity contribution in [3.63, 3.8) is 0 Å². The number of nitrogens with one attached hydrogen (secondary N) is 2. The quantitative estimate of drug-likeness (QED) is 0.826. The summed E-state index contributed by atoms with van der Waals surface area (Å²) < 4.78 is 5.23. The number of furan rings is 1. The minimum absolute atomic E-state index is 0.0244. The summed E-state index contributed by atoms with van der Waals surface area (Å²) in [4.78, 5) is 26.9. The SMILES string of the molecule is C[C@@H](C(=O)NC1CCCC1)N1CCC(C(=O)NCc2ccco2)CC1. The number of likely N-dealkylation sites (tertiary alicyclic amines) is 1. The molecule has 2 N–H and O–H groups in total. The number of hydrogen-bond acceptors (Lipinski definition) is 4. The average molecular weight is 347 g/mol. The van der Waals surface area contributed by atoms with E-state index in [9.17, 15) is 9.59 Å². The molecule has 0 radical (unpaired) electrons. The highest BCUT2D eigenvalue weighted by atomic mass is 16.3. The molecule has 2 fully saturated rings. The van der Waals surface area contributed by atoms with Gasteiger partial charge in [-0.1, -0.05) is 12.8 Å². The van der Waals surface area contributed by atoms with Gasteiger partial charge in [-0.2, -0.15) is 0 Å². The Morgan fingerprint density at radius 1 is 1.24 bits per heavy atom. The van der Waals surface area contributed by atoms with Crippen LogP contribution in [0.25, 0.3) is 0 Å². The molecule has 25 heavy (non-hydrogen) atoms. The second-order valence-electron chi connectivity index (χ2n) is 7.27. The van der Waals surface area contributed by atoms with Crippen LogP contribution in [0.3, 0.4) is 0 Å². The van der Waals surface area contributed by atoms with Crippen molar-refractivity contribution in [2.45, 2.75) is 64.1 Å². The van der Waals surface area contributed by atoms with Gasteiger partial charge < -0.3 is 15.1 Å². The summed E-state index contributed by atoms with van der Waals surface area (Å²) in [6.07, 6.45) is 7.86. The Kier molecular flexibility index (Phi) is 6.13. The first-order valence-electron chi connectivity index (χ1n) is 9.48. The van der Waals surface area contributed by atoms with Crippen LogP contribution in [0.5, 0.6) is 0 Å². The van der Waals surface area contributed by atoms with E-state index in [2.05, 4.69) is 15.5 Å². The molecular formula is C19H29N3O3. The van der Waals surface area contributed by atoms with Gasteiger partial charge >= 0.3 is 0 Å². The van der Waals surface area contributed by atoms with E-state index in [0.717, 1.165) is 44.5 Å². The zero-order valence-electron chi connectivity index (χ0n) is 15.0. The van der Waals surface area contributed by atoms with E-state index in [4.69, 9.17) is 4.42 Å². The van der Waals surface area contributed by atoms with Crippen LogP contribution in [-0.4, -0.2) is 41.9 Å². The van der Waals surface area contributed by atoms with Crippen LogP contribution in [0, 0.1) is 5.92 Å². The molecule has 1 atom stereocenters. The molecule has 6 heteroatoms. The average Bonchev–Trinajstić information content (AvgIpc) is 3.33. The smallest absolute Gasteiger partial charge is 0.237 e. The minimum atomic E-state index is -0.118. The molecule has 138 valence electrons. The van der Waals surface area contributed by atoms with E-state index in [1.165, 1.54) is 12.8 Å². The highest BCUT2D eigenvalue weighted by molar-refractivity contribution is 5.82. The molecular weight excluding hydrogens is 318 g/mol. The van der Waals surface area contributed by atoms with Crippen molar-refractivity contribution >= 4 is 11.8 Å². The lowest BCUT2D eigenvalue weighted by Crippen LogP contribution is -2.51. The van der Waals surface area contributed by atoms with Gasteiger partial charge in [0.1, 0.15) is 5.76 Å². The van der Waals surface area contributed by atoms with Crippen LogP contribution >= 0.6 is 0 Å². The Balaban J connectivity index is 1.39. The fraction of sp³-hybridized carbons (Fsp3) is 0.684. The third-order valence-corrected chi connectivity index (χ3v) is 5.55. The molecule has 1 saturated carbocycles. The van der Waals surface area contributed by atoms with Gasteiger partial charge in [-0.05, 0) is 57.8 Å². The number of piperidine rings is 1. The third-order valence-electron chi connectivity index (χ3n) is 5.55.